The van der Waals surface area contributed by atoms with E-state index in [2.05, 4.69) is 93.4 Å². The van der Waals surface area contributed by atoms with E-state index in [0.717, 1.165) is 48.7 Å². The Morgan fingerprint density at radius 1 is 0.842 bits per heavy atom. The minimum absolute atomic E-state index is 0.275. The van der Waals surface area contributed by atoms with Crippen molar-refractivity contribution in [3.05, 3.63) is 106 Å². The molecule has 3 aromatic carbocycles. The number of nitrogens with one attached hydrogen (secondary N) is 1. The van der Waals surface area contributed by atoms with Gasteiger partial charge in [-0.05, 0) is 61.7 Å². The maximum absolute atomic E-state index is 12.7. The summed E-state index contributed by atoms with van der Waals surface area (Å²) in [5.74, 6) is -0.275. The molecule has 38 heavy (non-hydrogen) atoms. The number of nitrogens with zero attached hydrogens (tertiary/aromatic N) is 3. The molecule has 5 aromatic rings. The van der Waals surface area contributed by atoms with Gasteiger partial charge in [0.2, 0.25) is 0 Å². The van der Waals surface area contributed by atoms with Crippen molar-refractivity contribution < 1.29 is 9.53 Å². The zero-order valence-electron chi connectivity index (χ0n) is 22.2. The van der Waals surface area contributed by atoms with Crippen LogP contribution in [0.2, 0.25) is 0 Å². The number of fused-ring (bicyclic) bond motifs is 2. The predicted molar refractivity (Wildman–Crippen MR) is 158 cm³/mol. The summed E-state index contributed by atoms with van der Waals surface area (Å²) in [7, 11) is 4.11. The van der Waals surface area contributed by atoms with Crippen LogP contribution in [-0.2, 0) is 18.8 Å². The molecule has 0 radical (unpaired) electrons. The molecular formula is C31H31BrN4O2. The van der Waals surface area contributed by atoms with Gasteiger partial charge in [-0.2, -0.15) is 5.10 Å². The van der Waals surface area contributed by atoms with Crippen molar-refractivity contribution in [2.45, 2.75) is 32.3 Å². The molecule has 0 aliphatic heterocycles. The molecule has 1 N–H and O–H groups in total. The normalized spacial score (nSPS) is 12.4. The van der Waals surface area contributed by atoms with Crippen LogP contribution in [0.1, 0.15) is 43.4 Å². The van der Waals surface area contributed by atoms with Gasteiger partial charge >= 0.3 is 6.09 Å². The Balaban J connectivity index is 1.78. The minimum atomic E-state index is -0.637. The fourth-order valence-electron chi connectivity index (χ4n) is 4.99. The Hall–Kier alpha value is -3.84. The third kappa shape index (κ3) is 5.11. The largest absolute Gasteiger partial charge is 0.443 e. The average Bonchev–Trinajstić information content (AvgIpc) is 3.38. The van der Waals surface area contributed by atoms with E-state index in [1.54, 1.807) is 0 Å². The van der Waals surface area contributed by atoms with Gasteiger partial charge in [-0.3, -0.25) is 0 Å². The van der Waals surface area contributed by atoms with Crippen LogP contribution in [0.3, 0.4) is 0 Å². The van der Waals surface area contributed by atoms with Crippen LogP contribution in [-0.4, -0.2) is 26.5 Å². The monoisotopic (exact) mass is 570 g/mol. The lowest BCUT2D eigenvalue weighted by molar-refractivity contribution is 0.0529. The van der Waals surface area contributed by atoms with Crippen LogP contribution in [0, 0.1) is 0 Å². The summed E-state index contributed by atoms with van der Waals surface area (Å²) in [6.45, 7) is 5.50. The van der Waals surface area contributed by atoms with Crippen molar-refractivity contribution in [2.24, 2.45) is 19.2 Å². The van der Waals surface area contributed by atoms with E-state index < -0.39 is 11.7 Å². The molecule has 0 saturated heterocycles. The molecular weight excluding hydrogens is 540 g/mol. The first-order chi connectivity index (χ1) is 18.1. The van der Waals surface area contributed by atoms with Gasteiger partial charge < -0.3 is 13.9 Å². The Bertz CT molecular complexity index is 1580. The number of aromatic nitrogens is 2. The van der Waals surface area contributed by atoms with E-state index in [0.29, 0.717) is 0 Å². The molecule has 0 fully saturated rings. The van der Waals surface area contributed by atoms with Crippen molar-refractivity contribution in [3.63, 3.8) is 0 Å². The van der Waals surface area contributed by atoms with Gasteiger partial charge in [-0.25, -0.2) is 10.2 Å². The first kappa shape index (κ1) is 25.8. The van der Waals surface area contributed by atoms with Crippen LogP contribution < -0.4 is 5.43 Å². The number of carbonyl (C=O) groups excluding carboxylic acids is 1. The van der Waals surface area contributed by atoms with Crippen molar-refractivity contribution in [1.82, 2.24) is 14.6 Å². The molecule has 7 heteroatoms. The number of hydrogen-bond donors (Lipinski definition) is 1. The summed E-state index contributed by atoms with van der Waals surface area (Å²) in [5, 5.41) is 7.02. The van der Waals surface area contributed by atoms with Crippen LogP contribution in [0.5, 0.6) is 0 Å². The molecule has 0 aliphatic rings. The summed E-state index contributed by atoms with van der Waals surface area (Å²) in [6.07, 6.45) is 3.74. The standard InChI is InChI=1S/C31H31BrN4O2/c1-31(2,3)38-30(37)34-33-29(20-14-16-21(32)17-15-20)28(24-18-35(4)26-12-8-6-10-22(24)26)25-19-36(5)27-13-9-7-11-23(25)27/h6-19,28H,1-5H3,(H,34,37)/b33-29+. The van der Waals surface area contributed by atoms with Crippen LogP contribution in [0.15, 0.2) is 94.8 Å². The molecule has 0 unspecified atom stereocenters. The molecule has 0 bridgehead atoms. The summed E-state index contributed by atoms with van der Waals surface area (Å²) in [6, 6.07) is 24.7. The third-order valence-corrected chi connectivity index (χ3v) is 7.09. The fourth-order valence-corrected chi connectivity index (χ4v) is 5.26. The highest BCUT2D eigenvalue weighted by molar-refractivity contribution is 9.10. The summed E-state index contributed by atoms with van der Waals surface area (Å²) < 4.78 is 10.8. The number of halogens is 1. The second-order valence-electron chi connectivity index (χ2n) is 10.5. The molecule has 0 saturated carbocycles. The van der Waals surface area contributed by atoms with E-state index in [-0.39, 0.29) is 5.92 Å². The fraction of sp³-hybridized carbons (Fsp3) is 0.226. The van der Waals surface area contributed by atoms with E-state index >= 15 is 0 Å². The molecule has 2 heterocycles. The summed E-state index contributed by atoms with van der Waals surface area (Å²) in [4.78, 5) is 12.7. The molecule has 0 aliphatic carbocycles. The van der Waals surface area contributed by atoms with E-state index in [1.807, 2.05) is 57.2 Å². The maximum Gasteiger partial charge on any atom is 0.428 e. The first-order valence-electron chi connectivity index (χ1n) is 12.5. The summed E-state index contributed by atoms with van der Waals surface area (Å²) in [5.41, 5.74) is 8.13. The Morgan fingerprint density at radius 3 is 1.84 bits per heavy atom. The van der Waals surface area contributed by atoms with Gasteiger partial charge in [-0.1, -0.05) is 64.5 Å². The average molecular weight is 572 g/mol. The van der Waals surface area contributed by atoms with Gasteiger partial charge in [0.1, 0.15) is 5.60 Å². The number of benzene rings is 3. The molecule has 194 valence electrons. The number of hydrazone groups is 1. The highest BCUT2D eigenvalue weighted by atomic mass is 79.9. The van der Waals surface area contributed by atoms with Crippen molar-refractivity contribution in [2.75, 3.05) is 0 Å². The van der Waals surface area contributed by atoms with Gasteiger partial charge in [0.05, 0.1) is 11.6 Å². The molecule has 6 nitrogen and oxygen atoms in total. The number of para-hydroxylation sites is 2. The Labute approximate surface area is 231 Å². The topological polar surface area (TPSA) is 60.6 Å². The number of rotatable bonds is 5. The van der Waals surface area contributed by atoms with E-state index in [1.165, 1.54) is 0 Å². The lowest BCUT2D eigenvalue weighted by Gasteiger charge is -2.22. The maximum atomic E-state index is 12.7. The minimum Gasteiger partial charge on any atom is -0.443 e. The molecule has 1 amide bonds. The SMILES string of the molecule is Cn1cc(C(/C(=N/NC(=O)OC(C)(C)C)c2ccc(Br)cc2)c2cn(C)c3ccccc23)c2ccccc21. The highest BCUT2D eigenvalue weighted by Crippen LogP contribution is 2.39. The number of aryl methyl sites for hydroxylation is 2. The van der Waals surface area contributed by atoms with Crippen LogP contribution in [0.4, 0.5) is 4.79 Å². The van der Waals surface area contributed by atoms with Gasteiger partial charge in [0, 0.05) is 52.8 Å². The Morgan fingerprint density at radius 2 is 1.34 bits per heavy atom. The zero-order chi connectivity index (χ0) is 27.0. The van der Waals surface area contributed by atoms with Crippen molar-refractivity contribution in [1.29, 1.82) is 0 Å². The number of hydrogen-bond acceptors (Lipinski definition) is 3. The van der Waals surface area contributed by atoms with Crippen molar-refractivity contribution >= 4 is 49.5 Å². The molecule has 0 spiro atoms. The number of carbonyl (C=O) groups is 1. The molecule has 2 aromatic heterocycles. The van der Waals surface area contributed by atoms with Crippen LogP contribution >= 0.6 is 15.9 Å². The summed E-state index contributed by atoms with van der Waals surface area (Å²) >= 11 is 3.55. The van der Waals surface area contributed by atoms with E-state index in [9.17, 15) is 4.79 Å². The molecule has 5 rings (SSSR count). The van der Waals surface area contributed by atoms with Gasteiger partial charge in [-0.15, -0.1) is 0 Å². The second kappa shape index (κ2) is 10.1. The smallest absolute Gasteiger partial charge is 0.428 e. The highest BCUT2D eigenvalue weighted by Gasteiger charge is 2.29. The molecule has 0 atom stereocenters. The van der Waals surface area contributed by atoms with Crippen molar-refractivity contribution in [3.8, 4) is 0 Å². The van der Waals surface area contributed by atoms with Gasteiger partial charge in [0.15, 0.2) is 0 Å². The quantitative estimate of drug-likeness (QED) is 0.176. The lowest BCUT2D eigenvalue weighted by atomic mass is 9.84. The zero-order valence-corrected chi connectivity index (χ0v) is 23.8. The lowest BCUT2D eigenvalue weighted by Crippen LogP contribution is -2.31. The Kier molecular flexibility index (Phi) is 6.88. The first-order valence-corrected chi connectivity index (χ1v) is 13.3. The van der Waals surface area contributed by atoms with Gasteiger partial charge in [0.25, 0.3) is 0 Å². The number of ether oxygens (including phenoxy) is 1. The predicted octanol–water partition coefficient (Wildman–Crippen LogP) is 7.49. The van der Waals surface area contributed by atoms with E-state index in [4.69, 9.17) is 9.84 Å². The number of amides is 1. The third-order valence-electron chi connectivity index (χ3n) is 6.56. The second-order valence-corrected chi connectivity index (χ2v) is 11.4. The van der Waals surface area contributed by atoms with Crippen LogP contribution in [0.25, 0.3) is 21.8 Å².